The third kappa shape index (κ3) is 3.45. The highest BCUT2D eigenvalue weighted by atomic mass is 79.9. The molecule has 0 spiro atoms. The molecule has 1 N–H and O–H groups in total. The summed E-state index contributed by atoms with van der Waals surface area (Å²) in [4.78, 5) is 28.6. The van der Waals surface area contributed by atoms with Crippen LogP contribution in [0.5, 0.6) is 0 Å². The molecule has 3 rings (SSSR count). The lowest BCUT2D eigenvalue weighted by Gasteiger charge is -2.08. The van der Waals surface area contributed by atoms with E-state index in [0.717, 1.165) is 4.47 Å². The first-order chi connectivity index (χ1) is 11.0. The van der Waals surface area contributed by atoms with Crippen LogP contribution >= 0.6 is 15.9 Å². The molecule has 0 aliphatic rings. The van der Waals surface area contributed by atoms with Crippen LogP contribution in [0.3, 0.4) is 0 Å². The Morgan fingerprint density at radius 3 is 2.87 bits per heavy atom. The quantitative estimate of drug-likeness (QED) is 0.765. The summed E-state index contributed by atoms with van der Waals surface area (Å²) in [5.41, 5.74) is 0.574. The molecule has 0 unspecified atom stereocenters. The number of rotatable bonds is 3. The van der Waals surface area contributed by atoms with Crippen LogP contribution in [0.15, 0.2) is 58.1 Å². The number of benzene rings is 2. The molecule has 0 saturated heterocycles. The molecule has 0 aliphatic carbocycles. The van der Waals surface area contributed by atoms with Gasteiger partial charge < -0.3 is 5.32 Å². The Bertz CT molecular complexity index is 955. The Labute approximate surface area is 138 Å². The third-order valence-electron chi connectivity index (χ3n) is 3.21. The van der Waals surface area contributed by atoms with Crippen molar-refractivity contribution in [2.75, 3.05) is 5.32 Å². The molecule has 1 aromatic heterocycles. The minimum Gasteiger partial charge on any atom is -0.324 e. The van der Waals surface area contributed by atoms with Crippen molar-refractivity contribution in [2.45, 2.75) is 6.54 Å². The normalized spacial score (nSPS) is 10.7. The molecule has 23 heavy (non-hydrogen) atoms. The van der Waals surface area contributed by atoms with E-state index >= 15 is 0 Å². The fourth-order valence-corrected chi connectivity index (χ4v) is 2.53. The topological polar surface area (TPSA) is 64.0 Å². The Hall–Kier alpha value is -2.54. The van der Waals surface area contributed by atoms with Crippen molar-refractivity contribution in [2.24, 2.45) is 0 Å². The van der Waals surface area contributed by atoms with E-state index in [1.807, 2.05) is 0 Å². The van der Waals surface area contributed by atoms with E-state index < -0.39 is 11.7 Å². The van der Waals surface area contributed by atoms with Gasteiger partial charge in [-0.2, -0.15) is 0 Å². The SMILES string of the molecule is O=C(Cn1cnc2ccc(Br)cc2c1=O)Nc1cccc(F)c1. The fourth-order valence-electron chi connectivity index (χ4n) is 2.17. The maximum absolute atomic E-state index is 13.1. The highest BCUT2D eigenvalue weighted by Crippen LogP contribution is 2.15. The molecule has 0 saturated carbocycles. The standard InChI is InChI=1S/C16H11BrFN3O2/c17-10-4-5-14-13(6-10)16(23)21(9-19-14)8-15(22)20-12-3-1-2-11(18)7-12/h1-7,9H,8H2,(H,20,22). The fraction of sp³-hybridized carbons (Fsp3) is 0.0625. The average Bonchev–Trinajstić information content (AvgIpc) is 2.50. The van der Waals surface area contributed by atoms with E-state index in [-0.39, 0.29) is 12.1 Å². The monoisotopic (exact) mass is 375 g/mol. The second kappa shape index (κ2) is 6.29. The summed E-state index contributed by atoms with van der Waals surface area (Å²) in [6.45, 7) is -0.204. The molecule has 0 radical (unpaired) electrons. The van der Waals surface area contributed by atoms with Gasteiger partial charge in [-0.3, -0.25) is 14.2 Å². The van der Waals surface area contributed by atoms with Gasteiger partial charge in [0, 0.05) is 10.2 Å². The lowest BCUT2D eigenvalue weighted by atomic mass is 10.2. The molecule has 7 heteroatoms. The van der Waals surface area contributed by atoms with Gasteiger partial charge >= 0.3 is 0 Å². The lowest BCUT2D eigenvalue weighted by Crippen LogP contribution is -2.27. The van der Waals surface area contributed by atoms with Crippen molar-refractivity contribution in [3.8, 4) is 0 Å². The molecular formula is C16H11BrFN3O2. The second-order valence-electron chi connectivity index (χ2n) is 4.90. The highest BCUT2D eigenvalue weighted by molar-refractivity contribution is 9.10. The number of aromatic nitrogens is 2. The number of hydrogen-bond acceptors (Lipinski definition) is 3. The van der Waals surface area contributed by atoms with Crippen molar-refractivity contribution in [3.05, 3.63) is 69.4 Å². The number of carbonyl (C=O) groups excluding carboxylic acids is 1. The molecule has 5 nitrogen and oxygen atoms in total. The predicted molar refractivity (Wildman–Crippen MR) is 88.7 cm³/mol. The van der Waals surface area contributed by atoms with Gasteiger partial charge in [-0.05, 0) is 36.4 Å². The smallest absolute Gasteiger partial charge is 0.261 e. The van der Waals surface area contributed by atoms with Crippen LogP contribution in [-0.4, -0.2) is 15.5 Å². The number of hydrogen-bond donors (Lipinski definition) is 1. The van der Waals surface area contributed by atoms with Crippen LogP contribution in [0.2, 0.25) is 0 Å². The number of carbonyl (C=O) groups is 1. The molecule has 3 aromatic rings. The van der Waals surface area contributed by atoms with E-state index in [4.69, 9.17) is 0 Å². The van der Waals surface area contributed by atoms with Gasteiger partial charge in [0.25, 0.3) is 5.56 Å². The molecule has 0 bridgehead atoms. The Balaban J connectivity index is 1.85. The minimum atomic E-state index is -0.447. The van der Waals surface area contributed by atoms with Gasteiger partial charge in [0.05, 0.1) is 17.2 Å². The van der Waals surface area contributed by atoms with E-state index in [2.05, 4.69) is 26.2 Å². The zero-order chi connectivity index (χ0) is 16.4. The summed E-state index contributed by atoms with van der Waals surface area (Å²) in [6, 6.07) is 10.7. The molecule has 1 amide bonds. The number of amides is 1. The lowest BCUT2D eigenvalue weighted by molar-refractivity contribution is -0.116. The van der Waals surface area contributed by atoms with Crippen LogP contribution in [0.4, 0.5) is 10.1 Å². The van der Waals surface area contributed by atoms with Crippen molar-refractivity contribution >= 4 is 38.4 Å². The predicted octanol–water partition coefficient (Wildman–Crippen LogP) is 2.94. The first kappa shape index (κ1) is 15.4. The first-order valence-electron chi connectivity index (χ1n) is 6.73. The zero-order valence-electron chi connectivity index (χ0n) is 11.8. The maximum atomic E-state index is 13.1. The van der Waals surface area contributed by atoms with Crippen molar-refractivity contribution in [1.82, 2.24) is 9.55 Å². The molecule has 1 heterocycles. The number of nitrogens with zero attached hydrogens (tertiary/aromatic N) is 2. The van der Waals surface area contributed by atoms with Gasteiger partial charge in [0.1, 0.15) is 12.4 Å². The summed E-state index contributed by atoms with van der Waals surface area (Å²) in [6.07, 6.45) is 1.32. The Morgan fingerprint density at radius 1 is 1.26 bits per heavy atom. The third-order valence-corrected chi connectivity index (χ3v) is 3.70. The van der Waals surface area contributed by atoms with E-state index in [9.17, 15) is 14.0 Å². The molecule has 2 aromatic carbocycles. The second-order valence-corrected chi connectivity index (χ2v) is 5.81. The molecule has 0 atom stereocenters. The van der Waals surface area contributed by atoms with Crippen LogP contribution in [0.25, 0.3) is 10.9 Å². The van der Waals surface area contributed by atoms with E-state index in [1.54, 1.807) is 24.3 Å². The zero-order valence-corrected chi connectivity index (χ0v) is 13.4. The Morgan fingerprint density at radius 2 is 2.09 bits per heavy atom. The van der Waals surface area contributed by atoms with E-state index in [1.165, 1.54) is 29.1 Å². The van der Waals surface area contributed by atoms with Crippen LogP contribution in [-0.2, 0) is 11.3 Å². The summed E-state index contributed by atoms with van der Waals surface area (Å²) >= 11 is 3.30. The van der Waals surface area contributed by atoms with E-state index in [0.29, 0.717) is 16.6 Å². The van der Waals surface area contributed by atoms with Gasteiger partial charge in [0.2, 0.25) is 5.91 Å². The molecule has 116 valence electrons. The van der Waals surface area contributed by atoms with Crippen molar-refractivity contribution < 1.29 is 9.18 Å². The summed E-state index contributed by atoms with van der Waals surface area (Å²) in [5.74, 6) is -0.883. The van der Waals surface area contributed by atoms with Gasteiger partial charge in [-0.1, -0.05) is 22.0 Å². The average molecular weight is 376 g/mol. The molecule has 0 aliphatic heterocycles. The van der Waals surface area contributed by atoms with Crippen LogP contribution in [0.1, 0.15) is 0 Å². The minimum absolute atomic E-state index is 0.204. The maximum Gasteiger partial charge on any atom is 0.261 e. The van der Waals surface area contributed by atoms with Gasteiger partial charge in [0.15, 0.2) is 0 Å². The Kier molecular flexibility index (Phi) is 4.20. The summed E-state index contributed by atoms with van der Waals surface area (Å²) < 4.78 is 15.1. The largest absolute Gasteiger partial charge is 0.324 e. The summed E-state index contributed by atoms with van der Waals surface area (Å²) in [7, 11) is 0. The van der Waals surface area contributed by atoms with Crippen molar-refractivity contribution in [3.63, 3.8) is 0 Å². The van der Waals surface area contributed by atoms with Gasteiger partial charge in [-0.25, -0.2) is 9.37 Å². The molecular weight excluding hydrogens is 365 g/mol. The molecule has 0 fully saturated rings. The first-order valence-corrected chi connectivity index (χ1v) is 7.52. The van der Waals surface area contributed by atoms with Crippen LogP contribution in [0, 0.1) is 5.82 Å². The number of anilines is 1. The number of fused-ring (bicyclic) bond motifs is 1. The number of halogens is 2. The summed E-state index contributed by atoms with van der Waals surface area (Å²) in [5, 5.41) is 2.96. The highest BCUT2D eigenvalue weighted by Gasteiger charge is 2.09. The number of nitrogens with one attached hydrogen (secondary N) is 1. The van der Waals surface area contributed by atoms with Crippen molar-refractivity contribution in [1.29, 1.82) is 0 Å². The van der Waals surface area contributed by atoms with Crippen LogP contribution < -0.4 is 10.9 Å². The van der Waals surface area contributed by atoms with Gasteiger partial charge in [-0.15, -0.1) is 0 Å².